The third-order valence-electron chi connectivity index (χ3n) is 2.96. The van der Waals surface area contributed by atoms with Gasteiger partial charge in [-0.3, -0.25) is 0 Å². The van der Waals surface area contributed by atoms with Crippen molar-refractivity contribution >= 4 is 21.9 Å². The Balaban J connectivity index is 2.27. The lowest BCUT2D eigenvalue weighted by atomic mass is 10.1. The van der Waals surface area contributed by atoms with Crippen LogP contribution in [0.4, 0.5) is 0 Å². The highest BCUT2D eigenvalue weighted by Gasteiger charge is 2.18. The van der Waals surface area contributed by atoms with Gasteiger partial charge >= 0.3 is 5.97 Å². The number of pyridine rings is 1. The van der Waals surface area contributed by atoms with Crippen LogP contribution in [0.3, 0.4) is 0 Å². The number of benzene rings is 1. The number of hydrogen-bond donors (Lipinski definition) is 0. The number of hydrogen-bond acceptors (Lipinski definition) is 5. The Hall–Kier alpha value is -2.08. The number of rotatable bonds is 5. The van der Waals surface area contributed by atoms with Crippen LogP contribution in [0.15, 0.2) is 36.4 Å². The molecular formula is C16H16BrNO4. The number of carbonyl (C=O) groups excluding carboxylic acids is 1. The zero-order valence-electron chi connectivity index (χ0n) is 12.5. The van der Waals surface area contributed by atoms with Crippen LogP contribution in [0, 0.1) is 0 Å². The number of ether oxygens (including phenoxy) is 3. The zero-order valence-corrected chi connectivity index (χ0v) is 14.1. The number of nitrogens with zero attached hydrogens (tertiary/aromatic N) is 1. The Bertz CT molecular complexity index is 656. The number of carbonyl (C=O) groups is 1. The summed E-state index contributed by atoms with van der Waals surface area (Å²) in [5, 5.41) is 0. The monoisotopic (exact) mass is 365 g/mol. The fourth-order valence-corrected chi connectivity index (χ4v) is 2.21. The highest BCUT2D eigenvalue weighted by atomic mass is 79.9. The van der Waals surface area contributed by atoms with E-state index in [0.717, 1.165) is 5.75 Å². The fourth-order valence-electron chi connectivity index (χ4n) is 1.86. The highest BCUT2D eigenvalue weighted by Crippen LogP contribution is 2.28. The summed E-state index contributed by atoms with van der Waals surface area (Å²) in [6, 6.07) is 10.4. The number of methoxy groups -OCH3 is 2. The summed E-state index contributed by atoms with van der Waals surface area (Å²) in [4.78, 5) is 16.0. The minimum Gasteiger partial charge on any atom is -0.497 e. The highest BCUT2D eigenvalue weighted by molar-refractivity contribution is 9.09. The van der Waals surface area contributed by atoms with Crippen molar-refractivity contribution < 1.29 is 19.0 Å². The number of halogens is 1. The molecule has 0 radical (unpaired) electrons. The topological polar surface area (TPSA) is 57.7 Å². The zero-order chi connectivity index (χ0) is 16.1. The SMILES string of the molecule is COC(=O)c1ccc(Oc2ccc(OC)cc2)nc1C(C)Br. The summed E-state index contributed by atoms with van der Waals surface area (Å²) in [5.74, 6) is 1.35. The Morgan fingerprint density at radius 3 is 2.27 bits per heavy atom. The normalized spacial score (nSPS) is 11.6. The van der Waals surface area contributed by atoms with Crippen LogP contribution < -0.4 is 9.47 Å². The molecule has 2 rings (SSSR count). The molecule has 0 N–H and O–H groups in total. The van der Waals surface area contributed by atoms with Crippen LogP contribution in [-0.4, -0.2) is 25.2 Å². The van der Waals surface area contributed by atoms with Gasteiger partial charge in [0.05, 0.1) is 30.3 Å². The van der Waals surface area contributed by atoms with Gasteiger partial charge in [-0.2, -0.15) is 0 Å². The van der Waals surface area contributed by atoms with Gasteiger partial charge in [0.1, 0.15) is 11.5 Å². The lowest BCUT2D eigenvalue weighted by molar-refractivity contribution is 0.0599. The van der Waals surface area contributed by atoms with Gasteiger partial charge in [0.15, 0.2) is 0 Å². The molecule has 0 spiro atoms. The molecule has 1 atom stereocenters. The summed E-state index contributed by atoms with van der Waals surface area (Å²) in [6.45, 7) is 1.88. The average Bonchev–Trinajstić information content (AvgIpc) is 2.54. The Kier molecular flexibility index (Phi) is 5.38. The third-order valence-corrected chi connectivity index (χ3v) is 3.40. The lowest BCUT2D eigenvalue weighted by Crippen LogP contribution is -2.08. The minimum absolute atomic E-state index is 0.110. The van der Waals surface area contributed by atoms with Crippen LogP contribution in [-0.2, 0) is 4.74 Å². The predicted octanol–water partition coefficient (Wildman–Crippen LogP) is 4.13. The minimum atomic E-state index is -0.426. The van der Waals surface area contributed by atoms with Gasteiger partial charge in [0.25, 0.3) is 0 Å². The molecule has 116 valence electrons. The Labute approximate surface area is 137 Å². The summed E-state index contributed by atoms with van der Waals surface area (Å²) < 4.78 is 15.5. The number of alkyl halides is 1. The third kappa shape index (κ3) is 3.76. The number of aromatic nitrogens is 1. The second-order valence-corrected chi connectivity index (χ2v) is 5.84. The summed E-state index contributed by atoms with van der Waals surface area (Å²) >= 11 is 3.43. The maximum atomic E-state index is 11.7. The predicted molar refractivity (Wildman–Crippen MR) is 86.0 cm³/mol. The van der Waals surface area contributed by atoms with Crippen LogP contribution >= 0.6 is 15.9 Å². The largest absolute Gasteiger partial charge is 0.497 e. The second kappa shape index (κ2) is 7.26. The first-order valence-electron chi connectivity index (χ1n) is 6.60. The van der Waals surface area contributed by atoms with Crippen molar-refractivity contribution in [1.29, 1.82) is 0 Å². The standard InChI is InChI=1S/C16H16BrNO4/c1-10(17)15-13(16(19)21-3)8-9-14(18-15)22-12-6-4-11(20-2)5-7-12/h4-10H,1-3H3. The quantitative estimate of drug-likeness (QED) is 0.588. The molecule has 0 aliphatic carbocycles. The van der Waals surface area contributed by atoms with Crippen LogP contribution in [0.2, 0.25) is 0 Å². The molecule has 0 aliphatic rings. The maximum Gasteiger partial charge on any atom is 0.339 e. The summed E-state index contributed by atoms with van der Waals surface area (Å²) in [7, 11) is 2.94. The van der Waals surface area contributed by atoms with Crippen molar-refractivity contribution in [2.75, 3.05) is 14.2 Å². The van der Waals surface area contributed by atoms with Crippen molar-refractivity contribution in [3.8, 4) is 17.4 Å². The molecule has 1 aromatic heterocycles. The van der Waals surface area contributed by atoms with Gasteiger partial charge in [0, 0.05) is 6.07 Å². The molecule has 0 bridgehead atoms. The van der Waals surface area contributed by atoms with Gasteiger partial charge in [-0.25, -0.2) is 9.78 Å². The molecule has 0 saturated heterocycles. The molecule has 1 heterocycles. The van der Waals surface area contributed by atoms with E-state index in [4.69, 9.17) is 14.2 Å². The summed E-state index contributed by atoms with van der Waals surface area (Å²) in [5.41, 5.74) is 0.979. The van der Waals surface area contributed by atoms with Crippen molar-refractivity contribution in [2.24, 2.45) is 0 Å². The molecule has 0 aliphatic heterocycles. The average molecular weight is 366 g/mol. The molecule has 22 heavy (non-hydrogen) atoms. The van der Waals surface area contributed by atoms with E-state index < -0.39 is 5.97 Å². The van der Waals surface area contributed by atoms with Crippen LogP contribution in [0.5, 0.6) is 17.4 Å². The first-order valence-corrected chi connectivity index (χ1v) is 7.52. The smallest absolute Gasteiger partial charge is 0.339 e. The molecular weight excluding hydrogens is 350 g/mol. The van der Waals surface area contributed by atoms with E-state index >= 15 is 0 Å². The van der Waals surface area contributed by atoms with Crippen molar-refractivity contribution in [3.05, 3.63) is 47.7 Å². The number of esters is 1. The van der Waals surface area contributed by atoms with E-state index in [1.807, 2.05) is 6.92 Å². The second-order valence-electron chi connectivity index (χ2n) is 4.47. The molecule has 1 unspecified atom stereocenters. The maximum absolute atomic E-state index is 11.7. The van der Waals surface area contributed by atoms with E-state index in [1.165, 1.54) is 7.11 Å². The van der Waals surface area contributed by atoms with Crippen LogP contribution in [0.1, 0.15) is 27.8 Å². The van der Waals surface area contributed by atoms with Crippen LogP contribution in [0.25, 0.3) is 0 Å². The molecule has 1 aromatic carbocycles. The lowest BCUT2D eigenvalue weighted by Gasteiger charge is -2.12. The van der Waals surface area contributed by atoms with E-state index in [2.05, 4.69) is 20.9 Å². The Morgan fingerprint density at radius 1 is 1.09 bits per heavy atom. The van der Waals surface area contributed by atoms with Crippen molar-refractivity contribution in [2.45, 2.75) is 11.8 Å². The Morgan fingerprint density at radius 2 is 1.73 bits per heavy atom. The fraction of sp³-hybridized carbons (Fsp3) is 0.250. The van der Waals surface area contributed by atoms with E-state index in [0.29, 0.717) is 22.9 Å². The van der Waals surface area contributed by atoms with Crippen molar-refractivity contribution in [1.82, 2.24) is 4.98 Å². The van der Waals surface area contributed by atoms with Crippen molar-refractivity contribution in [3.63, 3.8) is 0 Å². The van der Waals surface area contributed by atoms with Gasteiger partial charge in [-0.05, 0) is 37.3 Å². The molecule has 2 aromatic rings. The van der Waals surface area contributed by atoms with E-state index in [-0.39, 0.29) is 4.83 Å². The molecule has 0 amide bonds. The first-order chi connectivity index (χ1) is 10.5. The van der Waals surface area contributed by atoms with E-state index in [9.17, 15) is 4.79 Å². The van der Waals surface area contributed by atoms with Gasteiger partial charge in [-0.15, -0.1) is 0 Å². The molecule has 5 nitrogen and oxygen atoms in total. The molecule has 6 heteroatoms. The van der Waals surface area contributed by atoms with Gasteiger partial charge in [-0.1, -0.05) is 15.9 Å². The van der Waals surface area contributed by atoms with Gasteiger partial charge in [0.2, 0.25) is 5.88 Å². The van der Waals surface area contributed by atoms with E-state index in [1.54, 1.807) is 43.5 Å². The summed E-state index contributed by atoms with van der Waals surface area (Å²) in [6.07, 6.45) is 0. The molecule has 0 fully saturated rings. The molecule has 0 saturated carbocycles. The van der Waals surface area contributed by atoms with Gasteiger partial charge < -0.3 is 14.2 Å². The first kappa shape index (κ1) is 16.3.